The van der Waals surface area contributed by atoms with Crippen LogP contribution in [0.25, 0.3) is 0 Å². The van der Waals surface area contributed by atoms with Crippen LogP contribution in [0.4, 0.5) is 11.4 Å². The van der Waals surface area contributed by atoms with Crippen LogP contribution in [0.1, 0.15) is 0 Å². The summed E-state index contributed by atoms with van der Waals surface area (Å²) in [5.41, 5.74) is -0.190. The summed E-state index contributed by atoms with van der Waals surface area (Å²) in [5, 5.41) is 15.3. The molecule has 0 unspecified atom stereocenters. The Kier molecular flexibility index (Phi) is 6.08. The van der Waals surface area contributed by atoms with Crippen LogP contribution in [0.2, 0.25) is 0 Å². The van der Waals surface area contributed by atoms with E-state index in [-0.39, 0.29) is 30.3 Å². The van der Waals surface area contributed by atoms with Gasteiger partial charge < -0.3 is 20.1 Å². The van der Waals surface area contributed by atoms with Crippen molar-refractivity contribution in [3.05, 3.63) is 28.3 Å². The van der Waals surface area contributed by atoms with Gasteiger partial charge in [0.1, 0.15) is 5.75 Å². The minimum Gasteiger partial charge on any atom is -0.495 e. The Morgan fingerprint density at radius 1 is 1.29 bits per heavy atom. The van der Waals surface area contributed by atoms with E-state index in [0.717, 1.165) is 6.07 Å². The molecular weight excluding hydrogens is 282 g/mol. The molecule has 2 N–H and O–H groups in total. The number of methoxy groups -OCH3 is 2. The quantitative estimate of drug-likeness (QED) is 0.337. The van der Waals surface area contributed by atoms with Crippen LogP contribution in [0, 0.1) is 10.1 Å². The number of nitrogens with zero attached hydrogens (tertiary/aromatic N) is 1. The molecule has 0 radical (unpaired) electrons. The standard InChI is InChI=1S/C12H15N3O6/c1-20-6-5-13-11(16)12(17)14-9-7-8(15(18)19)3-4-10(9)21-2/h3-4,7H,5-6H2,1-2H3,(H,13,16)(H,14,17). The van der Waals surface area contributed by atoms with Gasteiger partial charge in [-0.15, -0.1) is 0 Å². The maximum absolute atomic E-state index is 11.7. The van der Waals surface area contributed by atoms with Gasteiger partial charge in [-0.1, -0.05) is 0 Å². The lowest BCUT2D eigenvalue weighted by molar-refractivity contribution is -0.384. The number of carbonyl (C=O) groups excluding carboxylic acids is 2. The molecule has 0 heterocycles. The van der Waals surface area contributed by atoms with E-state index in [1.54, 1.807) is 0 Å². The zero-order valence-corrected chi connectivity index (χ0v) is 11.5. The molecule has 0 aliphatic heterocycles. The van der Waals surface area contributed by atoms with E-state index in [9.17, 15) is 19.7 Å². The minimum atomic E-state index is -0.954. The molecule has 0 fully saturated rings. The number of rotatable bonds is 6. The van der Waals surface area contributed by atoms with E-state index in [1.165, 1.54) is 26.4 Å². The first-order valence-corrected chi connectivity index (χ1v) is 5.90. The highest BCUT2D eigenvalue weighted by molar-refractivity contribution is 6.39. The van der Waals surface area contributed by atoms with E-state index in [1.807, 2.05) is 0 Å². The Morgan fingerprint density at radius 3 is 2.57 bits per heavy atom. The van der Waals surface area contributed by atoms with Gasteiger partial charge in [0.15, 0.2) is 0 Å². The number of ether oxygens (including phenoxy) is 2. The van der Waals surface area contributed by atoms with Crippen molar-refractivity contribution in [3.8, 4) is 5.75 Å². The predicted octanol–water partition coefficient (Wildman–Crippen LogP) is 0.304. The van der Waals surface area contributed by atoms with E-state index in [0.29, 0.717) is 0 Å². The lowest BCUT2D eigenvalue weighted by atomic mass is 10.2. The smallest absolute Gasteiger partial charge is 0.313 e. The Labute approximate surface area is 120 Å². The van der Waals surface area contributed by atoms with Gasteiger partial charge in [0.2, 0.25) is 0 Å². The molecule has 0 aromatic heterocycles. The van der Waals surface area contributed by atoms with Crippen LogP contribution < -0.4 is 15.4 Å². The first-order chi connectivity index (χ1) is 9.99. The van der Waals surface area contributed by atoms with Crippen molar-refractivity contribution in [1.29, 1.82) is 0 Å². The zero-order valence-electron chi connectivity index (χ0n) is 11.5. The first kappa shape index (κ1) is 16.4. The molecule has 2 amide bonds. The molecule has 1 rings (SSSR count). The zero-order chi connectivity index (χ0) is 15.8. The third kappa shape index (κ3) is 4.73. The van der Waals surface area contributed by atoms with Gasteiger partial charge in [-0.05, 0) is 6.07 Å². The molecule has 0 bridgehead atoms. The summed E-state index contributed by atoms with van der Waals surface area (Å²) in [6.45, 7) is 0.438. The number of hydrogen-bond acceptors (Lipinski definition) is 6. The van der Waals surface area contributed by atoms with E-state index < -0.39 is 16.7 Å². The molecule has 114 valence electrons. The SMILES string of the molecule is COCCNC(=O)C(=O)Nc1cc([N+](=O)[O-])ccc1OC. The van der Waals surface area contributed by atoms with Crippen LogP contribution in [-0.2, 0) is 14.3 Å². The van der Waals surface area contributed by atoms with Crippen molar-refractivity contribution < 1.29 is 24.0 Å². The summed E-state index contributed by atoms with van der Waals surface area (Å²) >= 11 is 0. The van der Waals surface area contributed by atoms with Gasteiger partial charge in [-0.3, -0.25) is 19.7 Å². The average Bonchev–Trinajstić information content (AvgIpc) is 2.47. The van der Waals surface area contributed by atoms with Crippen LogP contribution in [0.3, 0.4) is 0 Å². The predicted molar refractivity (Wildman–Crippen MR) is 73.2 cm³/mol. The molecule has 0 spiro atoms. The largest absolute Gasteiger partial charge is 0.495 e. The molecule has 1 aromatic carbocycles. The number of non-ortho nitro benzene ring substituents is 1. The molecule has 0 aliphatic carbocycles. The van der Waals surface area contributed by atoms with Crippen LogP contribution >= 0.6 is 0 Å². The van der Waals surface area contributed by atoms with Crippen LogP contribution in [0.5, 0.6) is 5.75 Å². The third-order valence-corrected chi connectivity index (χ3v) is 2.44. The van der Waals surface area contributed by atoms with Crippen molar-refractivity contribution in [2.45, 2.75) is 0 Å². The highest BCUT2D eigenvalue weighted by Gasteiger charge is 2.18. The van der Waals surface area contributed by atoms with E-state index >= 15 is 0 Å². The molecule has 0 atom stereocenters. The lowest BCUT2D eigenvalue weighted by Gasteiger charge is -2.10. The number of nitro groups is 1. The summed E-state index contributed by atoms with van der Waals surface area (Å²) in [7, 11) is 2.80. The fourth-order valence-electron chi connectivity index (χ4n) is 1.43. The second kappa shape index (κ2) is 7.80. The molecule has 9 nitrogen and oxygen atoms in total. The Morgan fingerprint density at radius 2 is 2.00 bits per heavy atom. The second-order valence-corrected chi connectivity index (χ2v) is 3.84. The summed E-state index contributed by atoms with van der Waals surface area (Å²) in [4.78, 5) is 33.2. The number of hydrogen-bond donors (Lipinski definition) is 2. The molecule has 9 heteroatoms. The maximum Gasteiger partial charge on any atom is 0.313 e. The van der Waals surface area contributed by atoms with E-state index in [4.69, 9.17) is 9.47 Å². The van der Waals surface area contributed by atoms with Gasteiger partial charge in [0.05, 0.1) is 24.3 Å². The number of anilines is 1. The highest BCUT2D eigenvalue weighted by Crippen LogP contribution is 2.28. The van der Waals surface area contributed by atoms with Crippen LogP contribution in [-0.4, -0.2) is 44.1 Å². The molecule has 0 saturated heterocycles. The van der Waals surface area contributed by atoms with Gasteiger partial charge in [0.25, 0.3) is 5.69 Å². The van der Waals surface area contributed by atoms with Crippen molar-refractivity contribution in [3.63, 3.8) is 0 Å². The topological polar surface area (TPSA) is 120 Å². The van der Waals surface area contributed by atoms with Crippen molar-refractivity contribution in [2.24, 2.45) is 0 Å². The summed E-state index contributed by atoms with van der Waals surface area (Å²) < 4.78 is 9.70. The lowest BCUT2D eigenvalue weighted by Crippen LogP contribution is -2.37. The number of carbonyl (C=O) groups is 2. The highest BCUT2D eigenvalue weighted by atomic mass is 16.6. The third-order valence-electron chi connectivity index (χ3n) is 2.44. The molecular formula is C12H15N3O6. The van der Waals surface area contributed by atoms with E-state index in [2.05, 4.69) is 10.6 Å². The summed E-state index contributed by atoms with van der Waals surface area (Å²) in [5.74, 6) is -1.62. The van der Waals surface area contributed by atoms with Crippen molar-refractivity contribution in [2.75, 3.05) is 32.7 Å². The normalized spacial score (nSPS) is 9.81. The molecule has 1 aromatic rings. The molecule has 21 heavy (non-hydrogen) atoms. The Hall–Kier alpha value is -2.68. The second-order valence-electron chi connectivity index (χ2n) is 3.84. The summed E-state index contributed by atoms with van der Waals surface area (Å²) in [6, 6.07) is 3.67. The number of benzene rings is 1. The maximum atomic E-state index is 11.7. The Bertz CT molecular complexity index is 546. The number of nitro benzene ring substituents is 1. The van der Waals surface area contributed by atoms with Gasteiger partial charge >= 0.3 is 11.8 Å². The van der Waals surface area contributed by atoms with Crippen LogP contribution in [0.15, 0.2) is 18.2 Å². The van der Waals surface area contributed by atoms with Gasteiger partial charge in [0, 0.05) is 25.8 Å². The van der Waals surface area contributed by atoms with Crippen molar-refractivity contribution in [1.82, 2.24) is 5.32 Å². The molecule has 0 aliphatic rings. The Balaban J connectivity index is 2.80. The van der Waals surface area contributed by atoms with Crippen molar-refractivity contribution >= 4 is 23.2 Å². The number of nitrogens with one attached hydrogen (secondary N) is 2. The van der Waals surface area contributed by atoms with Gasteiger partial charge in [-0.2, -0.15) is 0 Å². The fourth-order valence-corrected chi connectivity index (χ4v) is 1.43. The fraction of sp³-hybridized carbons (Fsp3) is 0.333. The monoisotopic (exact) mass is 297 g/mol. The molecule has 0 saturated carbocycles. The van der Waals surface area contributed by atoms with Gasteiger partial charge in [-0.25, -0.2) is 0 Å². The first-order valence-electron chi connectivity index (χ1n) is 5.90. The summed E-state index contributed by atoms with van der Waals surface area (Å²) in [6.07, 6.45) is 0. The number of amides is 2. The minimum absolute atomic E-state index is 0.0404. The average molecular weight is 297 g/mol.